The molecule has 3 nitrogen and oxygen atoms in total. The number of fused-ring (bicyclic) bond motifs is 4. The Bertz CT molecular complexity index is 2020. The van der Waals surface area contributed by atoms with Crippen LogP contribution in [0, 0.1) is 0 Å². The fourth-order valence-corrected chi connectivity index (χ4v) is 5.41. The van der Waals surface area contributed by atoms with Crippen molar-refractivity contribution in [2.45, 2.75) is 13.8 Å². The molecule has 0 fully saturated rings. The minimum atomic E-state index is 0.194. The van der Waals surface area contributed by atoms with E-state index in [1.54, 1.807) is 0 Å². The van der Waals surface area contributed by atoms with E-state index in [-0.39, 0.29) is 13.1 Å². The SMILES string of the molecule is CC(=Nc1cccc2cc3ccccc3cc12)c1cccc(C(C)=Nc2cccc3cc4ccccc4cc23)n1.[Cl][Fe][Cl]. The number of rotatable bonds is 4. The summed E-state index contributed by atoms with van der Waals surface area (Å²) in [6, 6.07) is 44.4. The summed E-state index contributed by atoms with van der Waals surface area (Å²) >= 11 is 0.194. The van der Waals surface area contributed by atoms with E-state index in [9.17, 15) is 0 Å². The van der Waals surface area contributed by atoms with Gasteiger partial charge in [-0.3, -0.25) is 9.98 Å². The van der Waals surface area contributed by atoms with Gasteiger partial charge in [-0.1, -0.05) is 78.9 Å². The van der Waals surface area contributed by atoms with Crippen LogP contribution in [0.25, 0.3) is 43.1 Å². The predicted molar refractivity (Wildman–Crippen MR) is 183 cm³/mol. The van der Waals surface area contributed by atoms with Gasteiger partial charge in [0.05, 0.1) is 34.2 Å². The standard InChI is InChI=1S/C37H27N3.2ClH.Fe/c1-24(38-36-18-7-14-30-20-26-10-3-5-12-28(26)22-32(30)36)34-16-9-17-35(40-34)25(2)39-37-19-8-15-31-21-27-11-4-6-13-29(27)23-33(31)37;;;/h3-23H,1-2H3;2*1H;/q;;;+2/p-2. The Hall–Kier alpha value is -4.05. The van der Waals surface area contributed by atoms with E-state index in [1.807, 2.05) is 32.0 Å². The first-order valence-corrected chi connectivity index (χ1v) is 16.8. The van der Waals surface area contributed by atoms with Crippen LogP contribution in [0.5, 0.6) is 0 Å². The molecule has 43 heavy (non-hydrogen) atoms. The summed E-state index contributed by atoms with van der Waals surface area (Å²) in [5.74, 6) is 0. The van der Waals surface area contributed by atoms with E-state index >= 15 is 0 Å². The van der Waals surface area contributed by atoms with Crippen LogP contribution in [-0.2, 0) is 13.1 Å². The summed E-state index contributed by atoms with van der Waals surface area (Å²) in [6.45, 7) is 4.04. The molecule has 212 valence electrons. The van der Waals surface area contributed by atoms with Crippen LogP contribution in [0.1, 0.15) is 25.2 Å². The Morgan fingerprint density at radius 3 is 1.26 bits per heavy atom. The van der Waals surface area contributed by atoms with Crippen molar-refractivity contribution in [1.82, 2.24) is 4.98 Å². The van der Waals surface area contributed by atoms with Crippen molar-refractivity contribution >= 4 is 86.1 Å². The van der Waals surface area contributed by atoms with Crippen LogP contribution >= 0.6 is 20.2 Å². The zero-order chi connectivity index (χ0) is 29.8. The van der Waals surface area contributed by atoms with Gasteiger partial charge in [-0.05, 0) is 94.7 Å². The second kappa shape index (κ2) is 13.1. The second-order valence-corrected chi connectivity index (χ2v) is 12.1. The van der Waals surface area contributed by atoms with E-state index in [1.165, 1.54) is 32.3 Å². The van der Waals surface area contributed by atoms with Gasteiger partial charge in [-0.25, -0.2) is 4.98 Å². The van der Waals surface area contributed by atoms with Crippen LogP contribution in [0.4, 0.5) is 11.4 Å². The molecule has 0 aliphatic carbocycles. The number of nitrogens with zero attached hydrogens (tertiary/aromatic N) is 3. The number of aliphatic imine (C=N–C) groups is 2. The molecule has 0 aliphatic heterocycles. The molecule has 0 amide bonds. The number of halogens is 2. The summed E-state index contributed by atoms with van der Waals surface area (Å²) in [5, 5.41) is 9.52. The van der Waals surface area contributed by atoms with Crippen LogP contribution < -0.4 is 0 Å². The third-order valence-corrected chi connectivity index (χ3v) is 7.51. The fraction of sp³-hybridized carbons (Fsp3) is 0.0541. The van der Waals surface area contributed by atoms with Gasteiger partial charge >= 0.3 is 33.3 Å². The van der Waals surface area contributed by atoms with Crippen LogP contribution in [0.2, 0.25) is 0 Å². The van der Waals surface area contributed by atoms with Crippen molar-refractivity contribution in [1.29, 1.82) is 0 Å². The Kier molecular flexibility index (Phi) is 8.83. The number of hydrogen-bond donors (Lipinski definition) is 0. The minimum absolute atomic E-state index is 0.194. The first-order valence-electron chi connectivity index (χ1n) is 13.8. The average molecular weight is 640 g/mol. The zero-order valence-electron chi connectivity index (χ0n) is 23.6. The molecule has 1 aromatic heterocycles. The van der Waals surface area contributed by atoms with Crippen molar-refractivity contribution in [2.75, 3.05) is 0 Å². The van der Waals surface area contributed by atoms with Crippen molar-refractivity contribution < 1.29 is 13.1 Å². The molecule has 6 aromatic carbocycles. The molecule has 1 heterocycles. The molecule has 0 spiro atoms. The normalized spacial score (nSPS) is 12.2. The molecule has 0 atom stereocenters. The summed E-state index contributed by atoms with van der Waals surface area (Å²) in [7, 11) is 9.53. The quantitative estimate of drug-likeness (QED) is 0.107. The first kappa shape index (κ1) is 29.0. The maximum atomic E-state index is 5.03. The molecule has 0 saturated carbocycles. The van der Waals surface area contributed by atoms with E-state index in [2.05, 4.69) is 109 Å². The van der Waals surface area contributed by atoms with Gasteiger partial charge in [-0.2, -0.15) is 0 Å². The van der Waals surface area contributed by atoms with Crippen LogP contribution in [0.15, 0.2) is 137 Å². The maximum absolute atomic E-state index is 5.03. The number of benzene rings is 6. The summed E-state index contributed by atoms with van der Waals surface area (Å²) < 4.78 is 0. The molecular formula is C37H27Cl2FeN3. The summed E-state index contributed by atoms with van der Waals surface area (Å²) in [6.07, 6.45) is 0. The van der Waals surface area contributed by atoms with Gasteiger partial charge in [0.15, 0.2) is 0 Å². The third kappa shape index (κ3) is 6.34. The molecule has 7 rings (SSSR count). The molecule has 0 N–H and O–H groups in total. The van der Waals surface area contributed by atoms with E-state index in [4.69, 9.17) is 35.2 Å². The molecule has 0 unspecified atom stereocenters. The molecule has 0 saturated heterocycles. The number of aromatic nitrogens is 1. The average Bonchev–Trinajstić information content (AvgIpc) is 3.03. The molecule has 7 aromatic rings. The molecule has 6 heteroatoms. The molecule has 0 aliphatic rings. The predicted octanol–water partition coefficient (Wildman–Crippen LogP) is 11.4. The van der Waals surface area contributed by atoms with Crippen molar-refractivity contribution in [3.05, 3.63) is 139 Å². The summed E-state index contributed by atoms with van der Waals surface area (Å²) in [4.78, 5) is 15.0. The van der Waals surface area contributed by atoms with Gasteiger partial charge in [0.25, 0.3) is 0 Å². The zero-order valence-corrected chi connectivity index (χ0v) is 26.2. The number of pyridine rings is 1. The molecule has 0 radical (unpaired) electrons. The van der Waals surface area contributed by atoms with Gasteiger partial charge in [0, 0.05) is 10.8 Å². The first-order chi connectivity index (χ1) is 21.0. The van der Waals surface area contributed by atoms with Crippen LogP contribution in [-0.4, -0.2) is 16.4 Å². The van der Waals surface area contributed by atoms with Gasteiger partial charge in [-0.15, -0.1) is 0 Å². The Balaban J connectivity index is 0.00000105. The van der Waals surface area contributed by atoms with Crippen molar-refractivity contribution in [3.8, 4) is 0 Å². The summed E-state index contributed by atoms with van der Waals surface area (Å²) in [5.41, 5.74) is 5.31. The Labute approximate surface area is 265 Å². The number of hydrogen-bond acceptors (Lipinski definition) is 3. The van der Waals surface area contributed by atoms with E-state index in [0.717, 1.165) is 45.0 Å². The molecular weight excluding hydrogens is 613 g/mol. The Morgan fingerprint density at radius 2 is 0.837 bits per heavy atom. The fourth-order valence-electron chi connectivity index (χ4n) is 5.41. The van der Waals surface area contributed by atoms with Gasteiger partial charge in [0.2, 0.25) is 0 Å². The van der Waals surface area contributed by atoms with E-state index < -0.39 is 0 Å². The topological polar surface area (TPSA) is 37.6 Å². The van der Waals surface area contributed by atoms with E-state index in [0.29, 0.717) is 0 Å². The van der Waals surface area contributed by atoms with Gasteiger partial charge < -0.3 is 0 Å². The van der Waals surface area contributed by atoms with Crippen LogP contribution in [0.3, 0.4) is 0 Å². The Morgan fingerprint density at radius 1 is 0.488 bits per heavy atom. The monoisotopic (exact) mass is 639 g/mol. The van der Waals surface area contributed by atoms with Crippen molar-refractivity contribution in [2.24, 2.45) is 9.98 Å². The van der Waals surface area contributed by atoms with Crippen molar-refractivity contribution in [3.63, 3.8) is 0 Å². The van der Waals surface area contributed by atoms with Gasteiger partial charge in [0.1, 0.15) is 0 Å². The molecule has 0 bridgehead atoms. The third-order valence-electron chi connectivity index (χ3n) is 7.51. The second-order valence-electron chi connectivity index (χ2n) is 10.2.